The topological polar surface area (TPSA) is 90.4 Å². The summed E-state index contributed by atoms with van der Waals surface area (Å²) < 4.78 is 15.6. The second-order valence-electron chi connectivity index (χ2n) is 9.21. The van der Waals surface area contributed by atoms with Crippen molar-refractivity contribution in [3.05, 3.63) is 70.3 Å². The molecule has 1 fully saturated rings. The number of carbonyl (C=O) groups is 1. The van der Waals surface area contributed by atoms with Gasteiger partial charge in [0.15, 0.2) is 0 Å². The van der Waals surface area contributed by atoms with E-state index in [1.54, 1.807) is 31.0 Å². The molecular formula is C26H28FN7O2. The number of likely N-dealkylation sites (N-methyl/N-ethyl adjacent to an activating group) is 2. The zero-order valence-corrected chi connectivity index (χ0v) is 20.5. The molecule has 0 atom stereocenters. The SMILES string of the molecule is Cc1cccc(F)c1-n1nc2c(-c3ccc(N(C)C(=O)CN4CCN(C)CC4)cc3)n[nH]c2cc1=O. The molecule has 5 rings (SSSR count). The number of aryl methyl sites for hydroxylation is 1. The van der Waals surface area contributed by atoms with E-state index in [9.17, 15) is 14.0 Å². The Morgan fingerprint density at radius 3 is 2.53 bits per heavy atom. The van der Waals surface area contributed by atoms with Crippen LogP contribution in [-0.4, -0.2) is 82.5 Å². The number of nitrogens with zero attached hydrogens (tertiary/aromatic N) is 6. The van der Waals surface area contributed by atoms with Crippen molar-refractivity contribution < 1.29 is 9.18 Å². The van der Waals surface area contributed by atoms with Crippen molar-refractivity contribution in [3.8, 4) is 16.9 Å². The van der Waals surface area contributed by atoms with E-state index in [1.165, 1.54) is 12.1 Å². The average molecular weight is 490 g/mol. The summed E-state index contributed by atoms with van der Waals surface area (Å²) in [7, 11) is 3.86. The third kappa shape index (κ3) is 4.52. The van der Waals surface area contributed by atoms with Gasteiger partial charge in [0.25, 0.3) is 5.56 Å². The van der Waals surface area contributed by atoms with Crippen molar-refractivity contribution in [2.45, 2.75) is 6.92 Å². The van der Waals surface area contributed by atoms with Crippen molar-refractivity contribution >= 4 is 22.6 Å². The zero-order chi connectivity index (χ0) is 25.4. The second-order valence-corrected chi connectivity index (χ2v) is 9.21. The number of anilines is 1. The first-order chi connectivity index (χ1) is 17.3. The number of amides is 1. The van der Waals surface area contributed by atoms with Crippen LogP contribution in [0.3, 0.4) is 0 Å². The lowest BCUT2D eigenvalue weighted by Gasteiger charge is -2.32. The molecule has 1 amide bonds. The third-order valence-corrected chi connectivity index (χ3v) is 6.70. The molecule has 1 N–H and O–H groups in total. The molecule has 0 unspecified atom stereocenters. The van der Waals surface area contributed by atoms with E-state index in [2.05, 4.69) is 32.1 Å². The van der Waals surface area contributed by atoms with Gasteiger partial charge in [0.1, 0.15) is 22.7 Å². The maximum atomic E-state index is 14.6. The van der Waals surface area contributed by atoms with Crippen molar-refractivity contribution in [2.24, 2.45) is 0 Å². The van der Waals surface area contributed by atoms with Crippen LogP contribution >= 0.6 is 0 Å². The van der Waals surface area contributed by atoms with Crippen LogP contribution in [0.5, 0.6) is 0 Å². The molecule has 0 saturated carbocycles. The van der Waals surface area contributed by atoms with Crippen molar-refractivity contribution in [3.63, 3.8) is 0 Å². The normalized spacial score (nSPS) is 14.9. The summed E-state index contributed by atoms with van der Waals surface area (Å²) in [6.45, 7) is 5.79. The largest absolute Gasteiger partial charge is 0.314 e. The number of aromatic amines is 1. The predicted molar refractivity (Wildman–Crippen MR) is 137 cm³/mol. The van der Waals surface area contributed by atoms with E-state index >= 15 is 0 Å². The van der Waals surface area contributed by atoms with E-state index in [0.29, 0.717) is 28.8 Å². The number of carbonyl (C=O) groups excluding carboxylic acids is 1. The van der Waals surface area contributed by atoms with Gasteiger partial charge < -0.3 is 9.80 Å². The van der Waals surface area contributed by atoms with E-state index in [-0.39, 0.29) is 11.6 Å². The maximum absolute atomic E-state index is 14.6. The molecule has 1 saturated heterocycles. The van der Waals surface area contributed by atoms with Crippen molar-refractivity contribution in [1.82, 2.24) is 29.8 Å². The fraction of sp³-hybridized carbons (Fsp3) is 0.308. The van der Waals surface area contributed by atoms with Crippen LogP contribution in [0.15, 0.2) is 53.3 Å². The molecule has 10 heteroatoms. The zero-order valence-electron chi connectivity index (χ0n) is 20.5. The number of para-hydroxylation sites is 1. The molecule has 36 heavy (non-hydrogen) atoms. The monoisotopic (exact) mass is 489 g/mol. The van der Waals surface area contributed by atoms with E-state index in [0.717, 1.165) is 42.1 Å². The van der Waals surface area contributed by atoms with Crippen LogP contribution in [0, 0.1) is 12.7 Å². The van der Waals surface area contributed by atoms with Gasteiger partial charge >= 0.3 is 0 Å². The Balaban J connectivity index is 1.41. The van der Waals surface area contributed by atoms with Gasteiger partial charge in [-0.1, -0.05) is 24.3 Å². The van der Waals surface area contributed by atoms with E-state index < -0.39 is 11.4 Å². The average Bonchev–Trinajstić information content (AvgIpc) is 3.27. The Hall–Kier alpha value is -3.89. The Morgan fingerprint density at radius 2 is 1.83 bits per heavy atom. The summed E-state index contributed by atoms with van der Waals surface area (Å²) in [5.74, 6) is -0.494. The van der Waals surface area contributed by atoms with Gasteiger partial charge in [0.05, 0.1) is 12.1 Å². The van der Waals surface area contributed by atoms with Gasteiger partial charge in [-0.2, -0.15) is 14.9 Å². The number of piperazine rings is 1. The Labute approximate surface area is 207 Å². The first kappa shape index (κ1) is 23.8. The molecule has 2 aromatic heterocycles. The van der Waals surface area contributed by atoms with E-state index in [1.807, 2.05) is 24.3 Å². The van der Waals surface area contributed by atoms with Gasteiger partial charge in [-0.05, 0) is 37.7 Å². The lowest BCUT2D eigenvalue weighted by molar-refractivity contribution is -0.119. The molecule has 2 aromatic carbocycles. The number of hydrogen-bond acceptors (Lipinski definition) is 6. The second kappa shape index (κ2) is 9.63. The molecule has 1 aliphatic heterocycles. The summed E-state index contributed by atoms with van der Waals surface area (Å²) in [6, 6.07) is 13.4. The molecule has 3 heterocycles. The van der Waals surface area contributed by atoms with Crippen LogP contribution in [0.1, 0.15) is 5.56 Å². The van der Waals surface area contributed by atoms with Crippen LogP contribution in [0.25, 0.3) is 28.0 Å². The number of benzene rings is 2. The quantitative estimate of drug-likeness (QED) is 0.463. The highest BCUT2D eigenvalue weighted by Crippen LogP contribution is 2.27. The minimum absolute atomic E-state index is 0.0310. The number of fused-ring (bicyclic) bond motifs is 1. The molecule has 0 radical (unpaired) electrons. The molecule has 0 spiro atoms. The predicted octanol–water partition coefficient (Wildman–Crippen LogP) is 2.43. The van der Waals surface area contributed by atoms with Gasteiger partial charge in [0.2, 0.25) is 5.91 Å². The minimum atomic E-state index is -0.525. The molecule has 1 aliphatic rings. The standard InChI is InChI=1S/C26H28FN7O2/c1-17-5-4-6-20(27)26(17)34-22(35)15-21-25(30-34)24(29-28-21)18-7-9-19(10-8-18)32(3)23(36)16-33-13-11-31(2)12-14-33/h4-10,15,28H,11-14,16H2,1-3H3. The lowest BCUT2D eigenvalue weighted by atomic mass is 10.1. The van der Waals surface area contributed by atoms with Crippen molar-refractivity contribution in [2.75, 3.05) is 51.7 Å². The highest BCUT2D eigenvalue weighted by Gasteiger charge is 2.20. The van der Waals surface area contributed by atoms with Gasteiger partial charge in [0, 0.05) is 50.5 Å². The van der Waals surface area contributed by atoms with E-state index in [4.69, 9.17) is 0 Å². The van der Waals surface area contributed by atoms with Gasteiger partial charge in [-0.15, -0.1) is 0 Å². The number of nitrogens with one attached hydrogen (secondary N) is 1. The fourth-order valence-electron chi connectivity index (χ4n) is 4.43. The highest BCUT2D eigenvalue weighted by atomic mass is 19.1. The number of hydrogen-bond donors (Lipinski definition) is 1. The fourth-order valence-corrected chi connectivity index (χ4v) is 4.43. The summed E-state index contributed by atoms with van der Waals surface area (Å²) >= 11 is 0. The van der Waals surface area contributed by atoms with Crippen molar-refractivity contribution in [1.29, 1.82) is 0 Å². The Bertz CT molecular complexity index is 1450. The summed E-state index contributed by atoms with van der Waals surface area (Å²) in [4.78, 5) is 31.6. The maximum Gasteiger partial charge on any atom is 0.273 e. The van der Waals surface area contributed by atoms with Crippen LogP contribution < -0.4 is 10.5 Å². The smallest absolute Gasteiger partial charge is 0.273 e. The molecule has 0 aliphatic carbocycles. The number of halogens is 1. The Kier molecular flexibility index (Phi) is 6.38. The summed E-state index contributed by atoms with van der Waals surface area (Å²) in [6.07, 6.45) is 0. The summed E-state index contributed by atoms with van der Waals surface area (Å²) in [5.41, 5.74) is 3.23. The molecule has 186 valence electrons. The summed E-state index contributed by atoms with van der Waals surface area (Å²) in [5, 5.41) is 11.7. The van der Waals surface area contributed by atoms with Crippen LogP contribution in [0.4, 0.5) is 10.1 Å². The Morgan fingerprint density at radius 1 is 1.11 bits per heavy atom. The first-order valence-electron chi connectivity index (χ1n) is 11.8. The highest BCUT2D eigenvalue weighted by molar-refractivity contribution is 5.95. The molecule has 0 bridgehead atoms. The molecule has 4 aromatic rings. The number of rotatable bonds is 5. The van der Waals surface area contributed by atoms with Crippen LogP contribution in [-0.2, 0) is 4.79 Å². The van der Waals surface area contributed by atoms with Gasteiger partial charge in [-0.3, -0.25) is 19.6 Å². The van der Waals surface area contributed by atoms with Gasteiger partial charge in [-0.25, -0.2) is 4.39 Å². The number of aromatic nitrogens is 4. The number of H-pyrrole nitrogens is 1. The minimum Gasteiger partial charge on any atom is -0.314 e. The third-order valence-electron chi connectivity index (χ3n) is 6.70. The first-order valence-corrected chi connectivity index (χ1v) is 11.8. The molecule has 9 nitrogen and oxygen atoms in total. The lowest BCUT2D eigenvalue weighted by Crippen LogP contribution is -2.48. The molecular weight excluding hydrogens is 461 g/mol. The van der Waals surface area contributed by atoms with Crippen LogP contribution in [0.2, 0.25) is 0 Å².